The van der Waals surface area contributed by atoms with Crippen molar-refractivity contribution in [2.24, 2.45) is 11.1 Å². The molecule has 192 valence electrons. The lowest BCUT2D eigenvalue weighted by Gasteiger charge is -2.47. The Kier molecular flexibility index (Phi) is 7.50. The summed E-state index contributed by atoms with van der Waals surface area (Å²) in [6, 6.07) is 3.73. The minimum absolute atomic E-state index is 0.0382. The SMILES string of the molecule is O=S(=O)(N1CCC(Nc2nonc2/C(=N/O)Nc2ccc(Cl)c(Br)c2)C2CCCCC21)C(F)(F)F. The molecule has 3 N–H and O–H groups in total. The minimum Gasteiger partial charge on any atom is -0.409 e. The number of alkyl halides is 3. The topological polar surface area (TPSA) is 133 Å². The van der Waals surface area contributed by atoms with Gasteiger partial charge in [-0.3, -0.25) is 0 Å². The summed E-state index contributed by atoms with van der Waals surface area (Å²) in [5, 5.41) is 26.9. The Hall–Kier alpha value is -2.10. The largest absolute Gasteiger partial charge is 0.511 e. The summed E-state index contributed by atoms with van der Waals surface area (Å²) < 4.78 is 70.1. The van der Waals surface area contributed by atoms with E-state index in [0.717, 1.165) is 6.42 Å². The van der Waals surface area contributed by atoms with Gasteiger partial charge in [-0.25, -0.2) is 13.0 Å². The van der Waals surface area contributed by atoms with Crippen LogP contribution in [0.15, 0.2) is 32.5 Å². The van der Waals surface area contributed by atoms with Gasteiger partial charge in [-0.2, -0.15) is 17.5 Å². The molecule has 1 aromatic heterocycles. The van der Waals surface area contributed by atoms with Crippen molar-refractivity contribution in [3.05, 3.63) is 33.4 Å². The summed E-state index contributed by atoms with van der Waals surface area (Å²) in [6.07, 6.45) is 2.39. The van der Waals surface area contributed by atoms with Gasteiger partial charge in [0.05, 0.1) is 5.02 Å². The first-order valence-electron chi connectivity index (χ1n) is 10.6. The molecule has 2 heterocycles. The van der Waals surface area contributed by atoms with Crippen molar-refractivity contribution in [2.75, 3.05) is 17.2 Å². The van der Waals surface area contributed by atoms with E-state index >= 15 is 0 Å². The van der Waals surface area contributed by atoms with Crippen molar-refractivity contribution in [1.29, 1.82) is 0 Å². The Labute approximate surface area is 212 Å². The van der Waals surface area contributed by atoms with E-state index in [1.165, 1.54) is 0 Å². The van der Waals surface area contributed by atoms with E-state index in [1.54, 1.807) is 18.2 Å². The molecule has 2 aliphatic rings. The summed E-state index contributed by atoms with van der Waals surface area (Å²) in [7, 11) is -5.44. The number of fused-ring (bicyclic) bond motifs is 1. The summed E-state index contributed by atoms with van der Waals surface area (Å²) in [6.45, 7) is -0.292. The van der Waals surface area contributed by atoms with Crippen molar-refractivity contribution in [3.8, 4) is 0 Å². The van der Waals surface area contributed by atoms with Crippen molar-refractivity contribution < 1.29 is 31.4 Å². The third-order valence-electron chi connectivity index (χ3n) is 6.25. The highest BCUT2D eigenvalue weighted by Crippen LogP contribution is 2.41. The number of nitrogens with zero attached hydrogens (tertiary/aromatic N) is 4. The lowest BCUT2D eigenvalue weighted by atomic mass is 9.76. The number of hydrogen-bond acceptors (Lipinski definition) is 8. The fraction of sp³-hybridized carbons (Fsp3) is 0.526. The molecule has 10 nitrogen and oxygen atoms in total. The van der Waals surface area contributed by atoms with E-state index in [2.05, 4.69) is 42.0 Å². The van der Waals surface area contributed by atoms with Crippen LogP contribution < -0.4 is 10.6 Å². The molecule has 3 unspecified atom stereocenters. The molecule has 1 saturated carbocycles. The van der Waals surface area contributed by atoms with E-state index in [4.69, 9.17) is 16.2 Å². The molecule has 16 heteroatoms. The van der Waals surface area contributed by atoms with Gasteiger partial charge >= 0.3 is 15.5 Å². The van der Waals surface area contributed by atoms with Crippen LogP contribution in [0, 0.1) is 5.92 Å². The van der Waals surface area contributed by atoms with Crippen molar-refractivity contribution >= 4 is 54.9 Å². The fourth-order valence-corrected chi connectivity index (χ4v) is 6.41. The Morgan fingerprint density at radius 3 is 2.69 bits per heavy atom. The van der Waals surface area contributed by atoms with Crippen LogP contribution in [-0.4, -0.2) is 58.2 Å². The number of aromatic nitrogens is 2. The van der Waals surface area contributed by atoms with Gasteiger partial charge in [0, 0.05) is 28.8 Å². The molecule has 0 bridgehead atoms. The number of hydrogen-bond donors (Lipinski definition) is 3. The molecule has 4 rings (SSSR count). The number of sulfonamides is 1. The van der Waals surface area contributed by atoms with E-state index < -0.39 is 27.6 Å². The fourth-order valence-electron chi connectivity index (χ4n) is 4.68. The maximum atomic E-state index is 13.3. The third kappa shape index (κ3) is 5.22. The first-order chi connectivity index (χ1) is 16.5. The second-order valence-electron chi connectivity index (χ2n) is 8.28. The lowest BCUT2D eigenvalue weighted by Crippen LogP contribution is -2.58. The smallest absolute Gasteiger partial charge is 0.409 e. The zero-order valence-electron chi connectivity index (χ0n) is 18.0. The van der Waals surface area contributed by atoms with Crippen LogP contribution in [0.5, 0.6) is 0 Å². The number of halogens is 5. The molecule has 0 amide bonds. The Morgan fingerprint density at radius 2 is 2.00 bits per heavy atom. The summed E-state index contributed by atoms with van der Waals surface area (Å²) in [4.78, 5) is 0. The normalized spacial score (nSPS) is 24.1. The van der Waals surface area contributed by atoms with E-state index in [9.17, 15) is 26.8 Å². The second kappa shape index (κ2) is 10.1. The quantitative estimate of drug-likeness (QED) is 0.196. The predicted molar refractivity (Wildman–Crippen MR) is 125 cm³/mol. The van der Waals surface area contributed by atoms with Gasteiger partial charge in [-0.15, -0.1) is 0 Å². The zero-order valence-corrected chi connectivity index (χ0v) is 21.1. The lowest BCUT2D eigenvalue weighted by molar-refractivity contribution is -0.0531. The monoisotopic (exact) mass is 600 g/mol. The number of amidine groups is 1. The Bertz CT molecular complexity index is 1210. The van der Waals surface area contributed by atoms with Crippen molar-refractivity contribution in [2.45, 2.75) is 49.7 Å². The van der Waals surface area contributed by atoms with Gasteiger partial charge in [0.2, 0.25) is 11.7 Å². The maximum Gasteiger partial charge on any atom is 0.511 e. The molecular formula is C19H21BrClF3N6O4S. The van der Waals surface area contributed by atoms with Gasteiger partial charge in [-0.05, 0) is 69.6 Å². The molecule has 1 aliphatic carbocycles. The van der Waals surface area contributed by atoms with Crippen LogP contribution in [0.4, 0.5) is 24.7 Å². The first kappa shape index (κ1) is 26.0. The van der Waals surface area contributed by atoms with Crippen LogP contribution in [0.3, 0.4) is 0 Å². The molecular weight excluding hydrogens is 581 g/mol. The summed E-state index contributed by atoms with van der Waals surface area (Å²) in [5.41, 5.74) is -4.80. The molecule has 1 saturated heterocycles. The number of anilines is 2. The molecule has 1 aliphatic heterocycles. The number of benzene rings is 1. The summed E-state index contributed by atoms with van der Waals surface area (Å²) >= 11 is 9.30. The zero-order chi connectivity index (χ0) is 25.4. The molecule has 2 aromatic rings. The second-order valence-corrected chi connectivity index (χ2v) is 11.4. The van der Waals surface area contributed by atoms with Crippen LogP contribution >= 0.6 is 27.5 Å². The number of oxime groups is 1. The predicted octanol–water partition coefficient (Wildman–Crippen LogP) is 4.63. The van der Waals surface area contributed by atoms with Crippen molar-refractivity contribution in [1.82, 2.24) is 14.6 Å². The standard InChI is InChI=1S/C19H21BrClF3N6O4S/c20-12-9-10(5-6-13(12)21)25-17(27-31)16-18(29-34-28-16)26-14-7-8-30(35(32,33)19(22,23)24)15-4-2-1-3-11(14)15/h5-6,9,11,14-15,31H,1-4,7-8H2,(H,25,27)(H,26,29). The number of nitrogens with one attached hydrogen (secondary N) is 2. The van der Waals surface area contributed by atoms with Gasteiger partial charge in [0.25, 0.3) is 0 Å². The Morgan fingerprint density at radius 1 is 1.26 bits per heavy atom. The average molecular weight is 602 g/mol. The number of rotatable bonds is 5. The third-order valence-corrected chi connectivity index (χ3v) is 9.12. The minimum atomic E-state index is -5.44. The van der Waals surface area contributed by atoms with E-state index in [-0.39, 0.29) is 36.2 Å². The van der Waals surface area contributed by atoms with Gasteiger partial charge in [0.1, 0.15) is 0 Å². The highest BCUT2D eigenvalue weighted by atomic mass is 79.9. The molecule has 35 heavy (non-hydrogen) atoms. The average Bonchev–Trinajstić information content (AvgIpc) is 3.27. The highest BCUT2D eigenvalue weighted by Gasteiger charge is 2.55. The van der Waals surface area contributed by atoms with Gasteiger partial charge in [0.15, 0.2) is 5.69 Å². The van der Waals surface area contributed by atoms with Crippen LogP contribution in [0.1, 0.15) is 37.8 Å². The van der Waals surface area contributed by atoms with Crippen LogP contribution in [-0.2, 0) is 10.0 Å². The van der Waals surface area contributed by atoms with Gasteiger partial charge < -0.3 is 15.8 Å². The van der Waals surface area contributed by atoms with Gasteiger partial charge in [-0.1, -0.05) is 29.6 Å². The molecule has 3 atom stereocenters. The highest BCUT2D eigenvalue weighted by molar-refractivity contribution is 9.10. The molecule has 0 radical (unpaired) electrons. The molecule has 2 fully saturated rings. The van der Waals surface area contributed by atoms with Crippen LogP contribution in [0.2, 0.25) is 5.02 Å². The van der Waals surface area contributed by atoms with E-state index in [1.807, 2.05) is 0 Å². The van der Waals surface area contributed by atoms with Crippen LogP contribution in [0.25, 0.3) is 0 Å². The molecule has 1 aromatic carbocycles. The summed E-state index contributed by atoms with van der Waals surface area (Å²) in [5.74, 6) is -0.367. The van der Waals surface area contributed by atoms with Crippen molar-refractivity contribution in [3.63, 3.8) is 0 Å². The molecule has 0 spiro atoms. The first-order valence-corrected chi connectivity index (χ1v) is 13.3. The maximum absolute atomic E-state index is 13.3. The Balaban J connectivity index is 1.54. The van der Waals surface area contributed by atoms with E-state index in [0.29, 0.717) is 38.8 Å². The number of piperidine rings is 1.